The summed E-state index contributed by atoms with van der Waals surface area (Å²) in [4.78, 5) is 11.9. The molecule has 5 heteroatoms. The van der Waals surface area contributed by atoms with E-state index in [2.05, 4.69) is 17.1 Å². The van der Waals surface area contributed by atoms with Crippen molar-refractivity contribution in [1.29, 1.82) is 0 Å². The fourth-order valence-electron chi connectivity index (χ4n) is 1.71. The lowest BCUT2D eigenvalue weighted by Gasteiger charge is -2.06. The van der Waals surface area contributed by atoms with E-state index in [1.165, 1.54) is 30.5 Å². The van der Waals surface area contributed by atoms with Crippen molar-refractivity contribution in [2.45, 2.75) is 0 Å². The van der Waals surface area contributed by atoms with E-state index in [0.717, 1.165) is 5.56 Å². The summed E-state index contributed by atoms with van der Waals surface area (Å²) >= 11 is 0. The maximum atomic E-state index is 11.9. The molecule has 112 valence electrons. The van der Waals surface area contributed by atoms with Gasteiger partial charge in [0.05, 0.1) is 6.21 Å². The Morgan fingerprint density at radius 3 is 2.68 bits per heavy atom. The predicted molar refractivity (Wildman–Crippen MR) is 85.3 cm³/mol. The van der Waals surface area contributed by atoms with Gasteiger partial charge in [-0.05, 0) is 36.4 Å². The number of carbonyl (C=O) groups is 1. The molecule has 22 heavy (non-hydrogen) atoms. The molecule has 2 N–H and O–H groups in total. The van der Waals surface area contributed by atoms with E-state index >= 15 is 0 Å². The van der Waals surface area contributed by atoms with E-state index in [-0.39, 0.29) is 11.7 Å². The number of rotatable bonds is 6. The highest BCUT2D eigenvalue weighted by molar-refractivity contribution is 5.95. The number of hydrogen-bond donors (Lipinski definition) is 2. The standard InChI is InChI=1S/C17H16N2O3/c1-2-11-22-16-6-4-3-5-14(16)12-18-19-17(21)13-7-9-15(20)10-8-13/h2-10,12,20H,1,11H2,(H,19,21)/b18-12-. The number of carbonyl (C=O) groups excluding carboxylic acids is 1. The molecule has 0 radical (unpaired) electrons. The average Bonchev–Trinajstić information content (AvgIpc) is 2.54. The first kappa shape index (κ1) is 15.3. The second-order valence-electron chi connectivity index (χ2n) is 4.38. The summed E-state index contributed by atoms with van der Waals surface area (Å²) in [5.41, 5.74) is 3.58. The summed E-state index contributed by atoms with van der Waals surface area (Å²) in [6.07, 6.45) is 3.16. The van der Waals surface area contributed by atoms with E-state index in [4.69, 9.17) is 4.74 Å². The van der Waals surface area contributed by atoms with E-state index in [1.54, 1.807) is 6.08 Å². The van der Waals surface area contributed by atoms with Gasteiger partial charge >= 0.3 is 0 Å². The van der Waals surface area contributed by atoms with Crippen molar-refractivity contribution in [2.24, 2.45) is 5.10 Å². The van der Waals surface area contributed by atoms with Gasteiger partial charge in [-0.3, -0.25) is 4.79 Å². The third-order valence-corrected chi connectivity index (χ3v) is 2.77. The van der Waals surface area contributed by atoms with Crippen molar-refractivity contribution in [3.63, 3.8) is 0 Å². The minimum Gasteiger partial charge on any atom is -0.508 e. The van der Waals surface area contributed by atoms with Gasteiger partial charge in [-0.25, -0.2) is 5.43 Å². The van der Waals surface area contributed by atoms with Gasteiger partial charge in [0.1, 0.15) is 18.1 Å². The molecule has 0 heterocycles. The van der Waals surface area contributed by atoms with Crippen LogP contribution in [0.15, 0.2) is 66.3 Å². The number of hydrazone groups is 1. The smallest absolute Gasteiger partial charge is 0.271 e. The number of benzene rings is 2. The number of aromatic hydroxyl groups is 1. The fraction of sp³-hybridized carbons (Fsp3) is 0.0588. The first-order valence-corrected chi connectivity index (χ1v) is 6.66. The molecule has 0 unspecified atom stereocenters. The van der Waals surface area contributed by atoms with Crippen molar-refractivity contribution in [3.05, 3.63) is 72.3 Å². The van der Waals surface area contributed by atoms with Crippen molar-refractivity contribution >= 4 is 12.1 Å². The monoisotopic (exact) mass is 296 g/mol. The Morgan fingerprint density at radius 2 is 1.95 bits per heavy atom. The van der Waals surface area contributed by atoms with Gasteiger partial charge in [0.15, 0.2) is 0 Å². The number of para-hydroxylation sites is 1. The summed E-state index contributed by atoms with van der Waals surface area (Å²) in [6.45, 7) is 3.99. The molecule has 0 aromatic heterocycles. The van der Waals surface area contributed by atoms with Crippen LogP contribution in [-0.2, 0) is 0 Å². The maximum absolute atomic E-state index is 11.9. The van der Waals surface area contributed by atoms with E-state index < -0.39 is 0 Å². The molecule has 0 aliphatic carbocycles. The van der Waals surface area contributed by atoms with Crippen molar-refractivity contribution < 1.29 is 14.6 Å². The third kappa shape index (κ3) is 4.21. The highest BCUT2D eigenvalue weighted by atomic mass is 16.5. The third-order valence-electron chi connectivity index (χ3n) is 2.77. The lowest BCUT2D eigenvalue weighted by molar-refractivity contribution is 0.0955. The zero-order valence-electron chi connectivity index (χ0n) is 11.9. The predicted octanol–water partition coefficient (Wildman–Crippen LogP) is 2.72. The zero-order chi connectivity index (χ0) is 15.8. The minimum absolute atomic E-state index is 0.105. The number of nitrogens with zero attached hydrogens (tertiary/aromatic N) is 1. The average molecular weight is 296 g/mol. The van der Waals surface area contributed by atoms with Crippen LogP contribution in [0.1, 0.15) is 15.9 Å². The van der Waals surface area contributed by atoms with Gasteiger partial charge in [0.2, 0.25) is 0 Å². The summed E-state index contributed by atoms with van der Waals surface area (Å²) in [6, 6.07) is 13.3. The van der Waals surface area contributed by atoms with Crippen LogP contribution in [0, 0.1) is 0 Å². The quantitative estimate of drug-likeness (QED) is 0.489. The first-order valence-electron chi connectivity index (χ1n) is 6.66. The van der Waals surface area contributed by atoms with Crippen molar-refractivity contribution in [2.75, 3.05) is 6.61 Å². The van der Waals surface area contributed by atoms with Crippen LogP contribution < -0.4 is 10.2 Å². The van der Waals surface area contributed by atoms with E-state index in [1.807, 2.05) is 24.3 Å². The minimum atomic E-state index is -0.360. The molecule has 2 rings (SSSR count). The van der Waals surface area contributed by atoms with Gasteiger partial charge in [0.25, 0.3) is 5.91 Å². The lowest BCUT2D eigenvalue weighted by Crippen LogP contribution is -2.17. The Labute approximate surface area is 128 Å². The van der Waals surface area contributed by atoms with Crippen LogP contribution in [0.4, 0.5) is 0 Å². The molecular formula is C17H16N2O3. The Hall–Kier alpha value is -3.08. The van der Waals surface area contributed by atoms with Gasteiger partial charge in [0, 0.05) is 11.1 Å². The Bertz CT molecular complexity index is 679. The normalized spacial score (nSPS) is 10.4. The van der Waals surface area contributed by atoms with Gasteiger partial charge in [-0.15, -0.1) is 0 Å². The van der Waals surface area contributed by atoms with Crippen LogP contribution in [0.3, 0.4) is 0 Å². The highest BCUT2D eigenvalue weighted by Crippen LogP contribution is 2.15. The molecular weight excluding hydrogens is 280 g/mol. The molecule has 1 amide bonds. The highest BCUT2D eigenvalue weighted by Gasteiger charge is 2.04. The van der Waals surface area contributed by atoms with Crippen LogP contribution >= 0.6 is 0 Å². The first-order chi connectivity index (χ1) is 10.7. The molecule has 0 saturated carbocycles. The molecule has 2 aromatic rings. The van der Waals surface area contributed by atoms with Crippen LogP contribution in [0.5, 0.6) is 11.5 Å². The second kappa shape index (κ2) is 7.64. The molecule has 2 aromatic carbocycles. The Balaban J connectivity index is 2.01. The number of hydrogen-bond acceptors (Lipinski definition) is 4. The van der Waals surface area contributed by atoms with E-state index in [0.29, 0.717) is 17.9 Å². The lowest BCUT2D eigenvalue weighted by atomic mass is 10.2. The number of phenolic OH excluding ortho intramolecular Hbond substituents is 1. The van der Waals surface area contributed by atoms with Crippen LogP contribution in [0.25, 0.3) is 0 Å². The van der Waals surface area contributed by atoms with Gasteiger partial charge < -0.3 is 9.84 Å². The second-order valence-corrected chi connectivity index (χ2v) is 4.38. The molecule has 0 atom stereocenters. The van der Waals surface area contributed by atoms with Gasteiger partial charge in [-0.2, -0.15) is 5.10 Å². The number of phenols is 1. The largest absolute Gasteiger partial charge is 0.508 e. The van der Waals surface area contributed by atoms with Gasteiger partial charge in [-0.1, -0.05) is 24.8 Å². The molecule has 0 aliphatic heterocycles. The summed E-state index contributed by atoms with van der Waals surface area (Å²) in [5.74, 6) is 0.402. The Kier molecular flexibility index (Phi) is 5.31. The molecule has 5 nitrogen and oxygen atoms in total. The van der Waals surface area contributed by atoms with E-state index in [9.17, 15) is 9.90 Å². The SMILES string of the molecule is C=CCOc1ccccc1/C=N\NC(=O)c1ccc(O)cc1. The molecule has 0 fully saturated rings. The summed E-state index contributed by atoms with van der Waals surface area (Å²) in [5, 5.41) is 13.1. The van der Waals surface area contributed by atoms with Crippen LogP contribution in [0.2, 0.25) is 0 Å². The maximum Gasteiger partial charge on any atom is 0.271 e. The zero-order valence-corrected chi connectivity index (χ0v) is 11.9. The number of nitrogens with one attached hydrogen (secondary N) is 1. The molecule has 0 spiro atoms. The van der Waals surface area contributed by atoms with Crippen LogP contribution in [-0.4, -0.2) is 23.8 Å². The van der Waals surface area contributed by atoms with Crippen molar-refractivity contribution in [1.82, 2.24) is 5.43 Å². The van der Waals surface area contributed by atoms with Crippen molar-refractivity contribution in [3.8, 4) is 11.5 Å². The molecule has 0 saturated heterocycles. The fourth-order valence-corrected chi connectivity index (χ4v) is 1.71. The number of amides is 1. The number of ether oxygens (including phenoxy) is 1. The summed E-state index contributed by atoms with van der Waals surface area (Å²) < 4.78 is 5.49. The molecule has 0 bridgehead atoms. The summed E-state index contributed by atoms with van der Waals surface area (Å²) in [7, 11) is 0. The Morgan fingerprint density at radius 1 is 1.23 bits per heavy atom. The molecule has 0 aliphatic rings. The topological polar surface area (TPSA) is 70.9 Å².